The Morgan fingerprint density at radius 2 is 0.567 bits per heavy atom. The number of unbranched alkanes of at least 4 members (excludes halogenated alkanes) is 1. The standard InChI is InChI=1S/C16H16O2.C11H14O2.C10H12O2.C8H14O4.C8H12O3.C6H10O4.2C6H12O2.C5H8O3.2C5H10O2.2C4H8O2.2C3H6O/c1-2-17-12-13-18-16-10-8-15(9-11-16)14-6-4-3-5-7-14;1-3-12-8-9-13-11-6-4-10(2)5-7-11;1-2-11-8-9-12-10-6-4-3-5-7-10;1-2-11-5-3-4-6-12-7-8(9)10;1-4-10-5-6-11-8(9)7(2)3;1-2-9-3-4-10-5-6(7)8;2*1-3-7-5-6-8-4-2;1-2-8-4-3-5(6)7;2*1-3-7-5-4-6-2;2*1-2-6-4-3-5;2*1-3-4-2/h2-11H,1,12-13H2;3-7H,1,8-9H2,2H3;2-7H,1,8-9H2;2H,1,3-7H2,(H,9,10);4H,1-2,5-6H2,3H3;2H,1,3-5H2,(H,7,8);2*3H,1,4-6H2,2H3;2H,1,3-4H2,(H,6,7);2*3H,1,4-5H2,2H3;2*2,5H,1,3-4H2;2*3H,1H2,2H3. The van der Waals surface area contributed by atoms with Gasteiger partial charge < -0.3 is 144 Å². The lowest BCUT2D eigenvalue weighted by Gasteiger charge is -2.07. The Morgan fingerprint density at radius 3 is 0.866 bits per heavy atom. The van der Waals surface area contributed by atoms with E-state index in [4.69, 9.17) is 101 Å². The summed E-state index contributed by atoms with van der Waals surface area (Å²) in [6.45, 7) is 73.6. The Kier molecular flexibility index (Phi) is 150. The molecule has 0 aliphatic rings. The number of carbonyl (C=O) groups excluding carboxylic acids is 1. The molecular formula is C100H158O34. The summed E-state index contributed by atoms with van der Waals surface area (Å²) in [6.07, 6.45) is 22.1. The summed E-state index contributed by atoms with van der Waals surface area (Å²) in [6, 6.07) is 35.9. The fourth-order valence-electron chi connectivity index (χ4n) is 6.37. The van der Waals surface area contributed by atoms with Crippen LogP contribution in [0, 0.1) is 6.92 Å². The second kappa shape index (κ2) is 140. The Bertz CT molecular complexity index is 3180. The maximum Gasteiger partial charge on any atom is 0.333 e. The molecule has 4 aromatic carbocycles. The van der Waals surface area contributed by atoms with E-state index in [1.807, 2.05) is 106 Å². The largest absolute Gasteiger partial charge is 0.505 e. The molecule has 134 heavy (non-hydrogen) atoms. The maximum atomic E-state index is 10.7. The molecule has 0 unspecified atom stereocenters. The second-order valence-electron chi connectivity index (χ2n) is 22.3. The molecule has 0 aliphatic carbocycles. The molecular weight excluding hydrogens is 1750 g/mol. The van der Waals surface area contributed by atoms with Crippen LogP contribution in [0.3, 0.4) is 0 Å². The van der Waals surface area contributed by atoms with E-state index in [9.17, 15) is 19.2 Å². The molecule has 5 N–H and O–H groups in total. The lowest BCUT2D eigenvalue weighted by Crippen LogP contribution is -2.10. The van der Waals surface area contributed by atoms with Crippen molar-refractivity contribution in [2.75, 3.05) is 220 Å². The zero-order valence-electron chi connectivity index (χ0n) is 80.6. The quantitative estimate of drug-likeness (QED) is 0.0119. The third-order valence-electron chi connectivity index (χ3n) is 12.1. The number of aliphatic hydroxyl groups excluding tert-OH is 2. The topological polar surface area (TPSA) is 400 Å². The SMILES string of the molecule is C=COC.C=COC.C=COCCC(=O)O.C=COCCCCOCC(=O)O.C=COCCO.C=COCCO.C=COCCOC.C=COCCOC.C=COCCOC(=O)C(=C)C.C=COCCOCC.C=COCCOCC.C=COCCOCC(=O)O.C=COCCOc1ccc(-c2ccccc2)cc1.C=COCCOc1ccc(C)cc1.C=COCCOc1ccccc1. The number of hydrogen-bond acceptors (Lipinski definition) is 31. The van der Waals surface area contributed by atoms with E-state index in [0.717, 1.165) is 43.3 Å². The number of hydrogen-bond donors (Lipinski definition) is 5. The number of carboxylic acids is 3. The molecule has 34 nitrogen and oxygen atoms in total. The van der Waals surface area contributed by atoms with Crippen LogP contribution in [-0.2, 0) is 123 Å². The van der Waals surface area contributed by atoms with Crippen LogP contribution in [0.5, 0.6) is 17.2 Å². The number of benzene rings is 4. The number of aliphatic hydroxyl groups is 2. The highest BCUT2D eigenvalue weighted by molar-refractivity contribution is 5.86. The molecule has 0 atom stereocenters. The van der Waals surface area contributed by atoms with Crippen molar-refractivity contribution in [3.63, 3.8) is 0 Å². The van der Waals surface area contributed by atoms with Crippen molar-refractivity contribution in [1.82, 2.24) is 0 Å². The monoisotopic (exact) mass is 1900 g/mol. The van der Waals surface area contributed by atoms with Gasteiger partial charge in [0.25, 0.3) is 0 Å². The van der Waals surface area contributed by atoms with Gasteiger partial charge in [0.1, 0.15) is 130 Å². The highest BCUT2D eigenvalue weighted by Gasteiger charge is 2.03. The molecule has 4 aromatic rings. The van der Waals surface area contributed by atoms with Gasteiger partial charge in [-0.2, -0.15) is 0 Å². The highest BCUT2D eigenvalue weighted by atomic mass is 16.6. The van der Waals surface area contributed by atoms with Crippen LogP contribution in [0.4, 0.5) is 0 Å². The fraction of sp³-hybridized carbons (Fsp3) is 0.400. The van der Waals surface area contributed by atoms with E-state index < -0.39 is 23.9 Å². The third kappa shape index (κ3) is 159. The number of aryl methyl sites for hydroxylation is 1. The van der Waals surface area contributed by atoms with Crippen LogP contribution in [0.1, 0.15) is 45.6 Å². The molecule has 0 amide bonds. The molecule has 0 bridgehead atoms. The predicted molar refractivity (Wildman–Crippen MR) is 525 cm³/mol. The van der Waals surface area contributed by atoms with Gasteiger partial charge in [0.2, 0.25) is 0 Å². The van der Waals surface area contributed by atoms with Gasteiger partial charge in [-0.15, -0.1) is 0 Å². The number of carboxylic acid groups (broad SMARTS) is 3. The van der Waals surface area contributed by atoms with Gasteiger partial charge in [-0.3, -0.25) is 4.79 Å². The van der Waals surface area contributed by atoms with E-state index in [1.165, 1.54) is 111 Å². The van der Waals surface area contributed by atoms with E-state index in [2.05, 4.69) is 172 Å². The Hall–Kier alpha value is -13.3. The summed E-state index contributed by atoms with van der Waals surface area (Å²) in [5.41, 5.74) is 4.02. The van der Waals surface area contributed by atoms with Crippen LogP contribution in [0.2, 0.25) is 0 Å². The third-order valence-corrected chi connectivity index (χ3v) is 12.1. The minimum absolute atomic E-state index is 0.0337. The van der Waals surface area contributed by atoms with Crippen molar-refractivity contribution in [2.24, 2.45) is 0 Å². The molecule has 0 saturated heterocycles. The summed E-state index contributed by atoms with van der Waals surface area (Å²) in [5, 5.41) is 40.4. The molecule has 34 heteroatoms. The van der Waals surface area contributed by atoms with E-state index in [0.29, 0.717) is 138 Å². The molecule has 0 heterocycles. The summed E-state index contributed by atoms with van der Waals surface area (Å²) in [5.74, 6) is -0.564. The molecule has 0 saturated carbocycles. The molecule has 0 aromatic heterocycles. The van der Waals surface area contributed by atoms with E-state index >= 15 is 0 Å². The number of rotatable bonds is 65. The first-order chi connectivity index (χ1) is 65.0. The average Bonchev–Trinajstić information content (AvgIpc) is 0.866. The lowest BCUT2D eigenvalue weighted by molar-refractivity contribution is -0.143. The van der Waals surface area contributed by atoms with Crippen molar-refractivity contribution in [3.05, 3.63) is 320 Å². The zero-order valence-corrected chi connectivity index (χ0v) is 80.6. The van der Waals surface area contributed by atoms with Crippen LogP contribution < -0.4 is 14.2 Å². The second-order valence-corrected chi connectivity index (χ2v) is 22.3. The highest BCUT2D eigenvalue weighted by Crippen LogP contribution is 2.22. The van der Waals surface area contributed by atoms with Crippen LogP contribution in [-0.4, -0.2) is 269 Å². The molecule has 0 aliphatic heterocycles. The van der Waals surface area contributed by atoms with Crippen molar-refractivity contribution >= 4 is 23.9 Å². The molecule has 4 rings (SSSR count). The molecule has 0 spiro atoms. The van der Waals surface area contributed by atoms with Gasteiger partial charge in [0.15, 0.2) is 0 Å². The summed E-state index contributed by atoms with van der Waals surface area (Å²) in [4.78, 5) is 40.3. The first-order valence-electron chi connectivity index (χ1n) is 41.3. The first-order valence-corrected chi connectivity index (χ1v) is 41.3. The summed E-state index contributed by atoms with van der Waals surface area (Å²) < 4.78 is 120. The van der Waals surface area contributed by atoms with Gasteiger partial charge >= 0.3 is 23.9 Å². The zero-order chi connectivity index (χ0) is 103. The van der Waals surface area contributed by atoms with Crippen molar-refractivity contribution in [1.29, 1.82) is 0 Å². The van der Waals surface area contributed by atoms with Gasteiger partial charge in [-0.1, -0.05) is 184 Å². The molecule has 0 fully saturated rings. The van der Waals surface area contributed by atoms with E-state index in [-0.39, 0.29) is 52.7 Å². The smallest absolute Gasteiger partial charge is 0.333 e. The van der Waals surface area contributed by atoms with Crippen LogP contribution in [0.15, 0.2) is 314 Å². The van der Waals surface area contributed by atoms with Crippen molar-refractivity contribution in [2.45, 2.75) is 47.0 Å². The first kappa shape index (κ1) is 144. The normalized spacial score (nSPS) is 8.55. The summed E-state index contributed by atoms with van der Waals surface area (Å²) >= 11 is 0. The molecule has 0 radical (unpaired) electrons. The Balaban J connectivity index is -0.000000137. The van der Waals surface area contributed by atoms with Gasteiger partial charge in [-0.25, -0.2) is 14.4 Å². The Morgan fingerprint density at radius 1 is 0.299 bits per heavy atom. The van der Waals surface area contributed by atoms with Gasteiger partial charge in [0, 0.05) is 39.6 Å². The van der Waals surface area contributed by atoms with Gasteiger partial charge in [-0.05, 0) is 88.1 Å². The van der Waals surface area contributed by atoms with Gasteiger partial charge in [0.05, 0.1) is 174 Å². The fourth-order valence-corrected chi connectivity index (χ4v) is 6.37. The molecule has 762 valence electrons. The Labute approximate surface area is 798 Å². The van der Waals surface area contributed by atoms with Crippen LogP contribution >= 0.6 is 0 Å². The number of ether oxygens (including phenoxy) is 25. The average molecular weight is 1900 g/mol. The predicted octanol–water partition coefficient (Wildman–Crippen LogP) is 17.6. The minimum Gasteiger partial charge on any atom is -0.505 e. The lowest BCUT2D eigenvalue weighted by atomic mass is 10.1. The van der Waals surface area contributed by atoms with Crippen molar-refractivity contribution in [3.8, 4) is 28.4 Å². The van der Waals surface area contributed by atoms with Crippen molar-refractivity contribution < 1.29 is 163 Å². The number of methoxy groups -OCH3 is 4. The minimum atomic E-state index is -0.974. The number of aliphatic carboxylic acids is 3. The number of esters is 1. The van der Waals surface area contributed by atoms with Crippen LogP contribution in [0.25, 0.3) is 11.1 Å². The maximum absolute atomic E-state index is 10.7. The summed E-state index contributed by atoms with van der Waals surface area (Å²) in [7, 11) is 6.39. The number of para-hydroxylation sites is 1. The number of carbonyl (C=O) groups is 4. The van der Waals surface area contributed by atoms with E-state index in [1.54, 1.807) is 35.4 Å².